The van der Waals surface area contributed by atoms with E-state index in [0.717, 1.165) is 12.1 Å². The van der Waals surface area contributed by atoms with Crippen molar-refractivity contribution in [3.05, 3.63) is 54.1 Å². The first-order valence-corrected chi connectivity index (χ1v) is 5.62. The van der Waals surface area contributed by atoms with Gasteiger partial charge in [-0.2, -0.15) is 0 Å². The monoisotopic (exact) mass is 229 g/mol. The van der Waals surface area contributed by atoms with Gasteiger partial charge in [0.1, 0.15) is 0 Å². The van der Waals surface area contributed by atoms with E-state index >= 15 is 0 Å². The summed E-state index contributed by atoms with van der Waals surface area (Å²) in [4.78, 5) is 18.4. The fraction of sp³-hybridized carbons (Fsp3) is 0.231. The van der Waals surface area contributed by atoms with Gasteiger partial charge in [0.2, 0.25) is 5.91 Å². The third-order valence-corrected chi connectivity index (χ3v) is 2.51. The van der Waals surface area contributed by atoms with Crippen LogP contribution < -0.4 is 5.32 Å². The van der Waals surface area contributed by atoms with Gasteiger partial charge in [0.25, 0.3) is 0 Å². The number of carbonyl (C=O) groups excluding carboxylic acids is 1. The minimum Gasteiger partial charge on any atom is -0.350 e. The third kappa shape index (κ3) is 3.75. The summed E-state index contributed by atoms with van der Waals surface area (Å²) in [6, 6.07) is 10.0. The van der Waals surface area contributed by atoms with Crippen LogP contribution in [0.2, 0.25) is 0 Å². The van der Waals surface area contributed by atoms with Crippen molar-refractivity contribution < 1.29 is 4.79 Å². The van der Waals surface area contributed by atoms with Crippen LogP contribution in [0.1, 0.15) is 17.7 Å². The van der Waals surface area contributed by atoms with Crippen molar-refractivity contribution in [2.24, 2.45) is 0 Å². The first kappa shape index (κ1) is 11.4. The van der Waals surface area contributed by atoms with E-state index in [1.807, 2.05) is 30.3 Å². The summed E-state index contributed by atoms with van der Waals surface area (Å²) in [5.74, 6) is 0.0588. The minimum absolute atomic E-state index is 0.0588. The zero-order chi connectivity index (χ0) is 11.9. The molecule has 1 aromatic carbocycles. The number of rotatable bonds is 5. The van der Waals surface area contributed by atoms with E-state index in [0.29, 0.717) is 13.0 Å². The van der Waals surface area contributed by atoms with Crippen LogP contribution in [0.5, 0.6) is 0 Å². The molecule has 1 heterocycles. The Bertz CT molecular complexity index is 451. The van der Waals surface area contributed by atoms with Crippen molar-refractivity contribution in [1.82, 2.24) is 15.3 Å². The van der Waals surface area contributed by atoms with Gasteiger partial charge in [0.15, 0.2) is 0 Å². The predicted molar refractivity (Wildman–Crippen MR) is 65.2 cm³/mol. The predicted octanol–water partition coefficient (Wildman–Crippen LogP) is 1.66. The lowest BCUT2D eigenvalue weighted by molar-refractivity contribution is -0.121. The van der Waals surface area contributed by atoms with E-state index in [1.165, 1.54) is 5.56 Å². The molecule has 0 aliphatic rings. The topological polar surface area (TPSA) is 57.8 Å². The summed E-state index contributed by atoms with van der Waals surface area (Å²) >= 11 is 0. The van der Waals surface area contributed by atoms with E-state index in [2.05, 4.69) is 15.3 Å². The largest absolute Gasteiger partial charge is 0.350 e. The fourth-order valence-electron chi connectivity index (χ4n) is 1.57. The highest BCUT2D eigenvalue weighted by molar-refractivity contribution is 5.76. The second-order valence-corrected chi connectivity index (χ2v) is 3.84. The number of aromatic nitrogens is 2. The summed E-state index contributed by atoms with van der Waals surface area (Å²) in [5.41, 5.74) is 2.10. The van der Waals surface area contributed by atoms with Gasteiger partial charge in [0, 0.05) is 12.6 Å². The Hall–Kier alpha value is -2.10. The number of amides is 1. The van der Waals surface area contributed by atoms with E-state index in [4.69, 9.17) is 0 Å². The Balaban J connectivity index is 1.71. The van der Waals surface area contributed by atoms with E-state index in [9.17, 15) is 4.79 Å². The summed E-state index contributed by atoms with van der Waals surface area (Å²) in [7, 11) is 0. The van der Waals surface area contributed by atoms with Crippen LogP contribution in [0.15, 0.2) is 42.9 Å². The van der Waals surface area contributed by atoms with Crippen LogP contribution in [0.4, 0.5) is 0 Å². The van der Waals surface area contributed by atoms with Crippen LogP contribution in [-0.2, 0) is 17.8 Å². The molecule has 4 nitrogen and oxygen atoms in total. The van der Waals surface area contributed by atoms with Crippen LogP contribution >= 0.6 is 0 Å². The van der Waals surface area contributed by atoms with E-state index < -0.39 is 0 Å². The van der Waals surface area contributed by atoms with Crippen molar-refractivity contribution in [1.29, 1.82) is 0 Å². The van der Waals surface area contributed by atoms with Gasteiger partial charge in [-0.25, -0.2) is 4.98 Å². The summed E-state index contributed by atoms with van der Waals surface area (Å²) in [6.45, 7) is 0.508. The molecule has 0 saturated heterocycles. The number of carbonyl (C=O) groups is 1. The maximum Gasteiger partial charge on any atom is 0.220 e. The number of benzene rings is 1. The molecule has 2 rings (SSSR count). The second kappa shape index (κ2) is 5.84. The quantitative estimate of drug-likeness (QED) is 0.819. The first-order valence-electron chi connectivity index (χ1n) is 5.62. The normalized spacial score (nSPS) is 10.1. The molecule has 0 radical (unpaired) electrons. The molecule has 0 atom stereocenters. The van der Waals surface area contributed by atoms with E-state index in [1.54, 1.807) is 12.5 Å². The van der Waals surface area contributed by atoms with Crippen LogP contribution in [0.3, 0.4) is 0 Å². The van der Waals surface area contributed by atoms with Crippen LogP contribution in [0.25, 0.3) is 0 Å². The molecular formula is C13H15N3O. The molecule has 1 aromatic heterocycles. The number of nitrogens with one attached hydrogen (secondary N) is 2. The summed E-state index contributed by atoms with van der Waals surface area (Å²) in [6.07, 6.45) is 4.59. The van der Waals surface area contributed by atoms with Gasteiger partial charge in [-0.15, -0.1) is 0 Å². The molecule has 0 unspecified atom stereocenters. The van der Waals surface area contributed by atoms with Gasteiger partial charge >= 0.3 is 0 Å². The highest BCUT2D eigenvalue weighted by Crippen LogP contribution is 2.02. The van der Waals surface area contributed by atoms with Crippen molar-refractivity contribution >= 4 is 5.91 Å². The SMILES string of the molecule is O=C(CCc1ccccc1)NCc1cnc[nH]1. The lowest BCUT2D eigenvalue weighted by atomic mass is 10.1. The average Bonchev–Trinajstić information content (AvgIpc) is 2.88. The van der Waals surface area contributed by atoms with Gasteiger partial charge in [-0.1, -0.05) is 30.3 Å². The van der Waals surface area contributed by atoms with Gasteiger partial charge in [-0.05, 0) is 12.0 Å². The molecule has 2 aromatic rings. The maximum atomic E-state index is 11.6. The number of hydrogen-bond acceptors (Lipinski definition) is 2. The average molecular weight is 229 g/mol. The third-order valence-electron chi connectivity index (χ3n) is 2.51. The maximum absolute atomic E-state index is 11.6. The summed E-state index contributed by atoms with van der Waals surface area (Å²) in [5, 5.41) is 2.85. The molecule has 17 heavy (non-hydrogen) atoms. The lowest BCUT2D eigenvalue weighted by Gasteiger charge is -2.03. The standard InChI is InChI=1S/C13H15N3O/c17-13(15-9-12-8-14-10-16-12)7-6-11-4-2-1-3-5-11/h1-5,8,10H,6-7,9H2,(H,14,16)(H,15,17). The number of nitrogens with zero attached hydrogens (tertiary/aromatic N) is 1. The zero-order valence-electron chi connectivity index (χ0n) is 9.52. The molecule has 2 N–H and O–H groups in total. The molecule has 4 heteroatoms. The second-order valence-electron chi connectivity index (χ2n) is 3.84. The molecule has 0 fully saturated rings. The molecule has 0 spiro atoms. The molecule has 0 aliphatic carbocycles. The van der Waals surface area contributed by atoms with Gasteiger partial charge in [-0.3, -0.25) is 4.79 Å². The number of imidazole rings is 1. The van der Waals surface area contributed by atoms with E-state index in [-0.39, 0.29) is 5.91 Å². The number of H-pyrrole nitrogens is 1. The van der Waals surface area contributed by atoms with Crippen LogP contribution in [-0.4, -0.2) is 15.9 Å². The smallest absolute Gasteiger partial charge is 0.220 e. The zero-order valence-corrected chi connectivity index (χ0v) is 9.52. The Morgan fingerprint density at radius 1 is 1.29 bits per heavy atom. The van der Waals surface area contributed by atoms with Crippen molar-refractivity contribution in [3.63, 3.8) is 0 Å². The Labute approximate surface area is 100 Å². The highest BCUT2D eigenvalue weighted by Gasteiger charge is 2.02. The Kier molecular flexibility index (Phi) is 3.91. The lowest BCUT2D eigenvalue weighted by Crippen LogP contribution is -2.23. The van der Waals surface area contributed by atoms with Gasteiger partial charge < -0.3 is 10.3 Å². The molecule has 0 bridgehead atoms. The highest BCUT2D eigenvalue weighted by atomic mass is 16.1. The molecule has 88 valence electrons. The Morgan fingerprint density at radius 2 is 2.12 bits per heavy atom. The Morgan fingerprint density at radius 3 is 2.82 bits per heavy atom. The molecule has 1 amide bonds. The van der Waals surface area contributed by atoms with Crippen LogP contribution in [0, 0.1) is 0 Å². The molecular weight excluding hydrogens is 214 g/mol. The molecule has 0 aliphatic heterocycles. The number of aryl methyl sites for hydroxylation is 1. The van der Waals surface area contributed by atoms with Gasteiger partial charge in [0.05, 0.1) is 18.6 Å². The number of hydrogen-bond donors (Lipinski definition) is 2. The van der Waals surface area contributed by atoms with Crippen molar-refractivity contribution in [2.75, 3.05) is 0 Å². The van der Waals surface area contributed by atoms with Crippen molar-refractivity contribution in [2.45, 2.75) is 19.4 Å². The molecule has 0 saturated carbocycles. The first-order chi connectivity index (χ1) is 8.34. The number of aromatic amines is 1. The fourth-order valence-corrected chi connectivity index (χ4v) is 1.57. The summed E-state index contributed by atoms with van der Waals surface area (Å²) < 4.78 is 0. The minimum atomic E-state index is 0.0588. The van der Waals surface area contributed by atoms with Crippen molar-refractivity contribution in [3.8, 4) is 0 Å².